The van der Waals surface area contributed by atoms with Crippen molar-refractivity contribution in [2.45, 2.75) is 45.2 Å². The van der Waals surface area contributed by atoms with Gasteiger partial charge in [-0.05, 0) is 50.8 Å². The smallest absolute Gasteiger partial charge is 0.315 e. The maximum Gasteiger partial charge on any atom is 0.315 e. The van der Waals surface area contributed by atoms with E-state index in [0.29, 0.717) is 12.8 Å². The molecule has 0 aliphatic rings. The van der Waals surface area contributed by atoms with E-state index in [9.17, 15) is 9.90 Å². The third-order valence-corrected chi connectivity index (χ3v) is 3.03. The van der Waals surface area contributed by atoms with E-state index in [1.807, 2.05) is 26.0 Å². The molecule has 5 nitrogen and oxygen atoms in total. The van der Waals surface area contributed by atoms with Crippen molar-refractivity contribution in [1.29, 1.82) is 0 Å². The van der Waals surface area contributed by atoms with Crippen LogP contribution in [0, 0.1) is 0 Å². The number of aromatic hydroxyl groups is 1. The molecule has 0 radical (unpaired) electrons. The van der Waals surface area contributed by atoms with Crippen LogP contribution >= 0.6 is 0 Å². The molecular weight excluding hydrogens is 256 g/mol. The molecule has 112 valence electrons. The molecular formula is C15H24N2O3. The number of hydrogen-bond donors (Lipinski definition) is 4. The molecule has 2 atom stereocenters. The second-order valence-corrected chi connectivity index (χ2v) is 5.16. The summed E-state index contributed by atoms with van der Waals surface area (Å²) in [6.45, 7) is 4.00. The van der Waals surface area contributed by atoms with Crippen LogP contribution in [0.5, 0.6) is 5.75 Å². The molecule has 0 saturated heterocycles. The SMILES string of the molecule is CC(CCCO)NC(=O)NC(C)Cc1ccc(O)cc1. The average molecular weight is 280 g/mol. The minimum atomic E-state index is -0.193. The standard InChI is InChI=1S/C15H24N2O3/c1-11(4-3-9-18)16-15(20)17-12(2)10-13-5-7-14(19)8-6-13/h5-8,11-12,18-19H,3-4,9-10H2,1-2H3,(H2,16,17,20). The summed E-state index contributed by atoms with van der Waals surface area (Å²) in [5.74, 6) is 0.241. The lowest BCUT2D eigenvalue weighted by atomic mass is 10.1. The van der Waals surface area contributed by atoms with Crippen LogP contribution in [-0.2, 0) is 6.42 Å². The summed E-state index contributed by atoms with van der Waals surface area (Å²) in [5, 5.41) is 23.7. The summed E-state index contributed by atoms with van der Waals surface area (Å²) >= 11 is 0. The summed E-state index contributed by atoms with van der Waals surface area (Å²) in [5.41, 5.74) is 1.06. The number of carbonyl (C=O) groups is 1. The number of carbonyl (C=O) groups excluding carboxylic acids is 1. The molecule has 0 heterocycles. The fourth-order valence-electron chi connectivity index (χ4n) is 2.00. The van der Waals surface area contributed by atoms with Crippen molar-refractivity contribution in [1.82, 2.24) is 10.6 Å². The van der Waals surface area contributed by atoms with Gasteiger partial charge in [-0.3, -0.25) is 0 Å². The first-order valence-electron chi connectivity index (χ1n) is 6.97. The third kappa shape index (κ3) is 6.43. The number of urea groups is 1. The summed E-state index contributed by atoms with van der Waals surface area (Å²) < 4.78 is 0. The first-order chi connectivity index (χ1) is 9.51. The van der Waals surface area contributed by atoms with E-state index in [1.54, 1.807) is 12.1 Å². The van der Waals surface area contributed by atoms with Gasteiger partial charge in [-0.2, -0.15) is 0 Å². The molecule has 0 fully saturated rings. The normalized spacial score (nSPS) is 13.6. The maximum atomic E-state index is 11.7. The minimum Gasteiger partial charge on any atom is -0.508 e. The van der Waals surface area contributed by atoms with Gasteiger partial charge in [0.15, 0.2) is 0 Å². The van der Waals surface area contributed by atoms with Crippen LogP contribution in [-0.4, -0.2) is 34.9 Å². The van der Waals surface area contributed by atoms with Gasteiger partial charge < -0.3 is 20.8 Å². The quantitative estimate of drug-likeness (QED) is 0.614. The van der Waals surface area contributed by atoms with Gasteiger partial charge in [-0.15, -0.1) is 0 Å². The fourth-order valence-corrected chi connectivity index (χ4v) is 2.00. The van der Waals surface area contributed by atoms with Crippen molar-refractivity contribution < 1.29 is 15.0 Å². The van der Waals surface area contributed by atoms with Gasteiger partial charge in [-0.25, -0.2) is 4.79 Å². The number of amides is 2. The summed E-state index contributed by atoms with van der Waals surface area (Å²) in [7, 11) is 0. The molecule has 20 heavy (non-hydrogen) atoms. The van der Waals surface area contributed by atoms with E-state index in [4.69, 9.17) is 5.11 Å². The fraction of sp³-hybridized carbons (Fsp3) is 0.533. The Morgan fingerprint density at radius 2 is 1.75 bits per heavy atom. The predicted molar refractivity (Wildman–Crippen MR) is 78.7 cm³/mol. The summed E-state index contributed by atoms with van der Waals surface area (Å²) in [4.78, 5) is 11.7. The monoisotopic (exact) mass is 280 g/mol. The first kappa shape index (κ1) is 16.3. The number of aliphatic hydroxyl groups is 1. The molecule has 1 rings (SSSR count). The van der Waals surface area contributed by atoms with E-state index in [-0.39, 0.29) is 30.5 Å². The van der Waals surface area contributed by atoms with E-state index in [2.05, 4.69) is 10.6 Å². The van der Waals surface area contributed by atoms with E-state index >= 15 is 0 Å². The molecule has 0 spiro atoms. The van der Waals surface area contributed by atoms with E-state index in [0.717, 1.165) is 12.0 Å². The molecule has 2 amide bonds. The highest BCUT2D eigenvalue weighted by Gasteiger charge is 2.10. The van der Waals surface area contributed by atoms with Gasteiger partial charge in [-0.1, -0.05) is 12.1 Å². The van der Waals surface area contributed by atoms with Crippen molar-refractivity contribution in [3.63, 3.8) is 0 Å². The number of rotatable bonds is 7. The highest BCUT2D eigenvalue weighted by molar-refractivity contribution is 5.74. The van der Waals surface area contributed by atoms with Crippen LogP contribution < -0.4 is 10.6 Å². The zero-order valence-corrected chi connectivity index (χ0v) is 12.1. The van der Waals surface area contributed by atoms with Gasteiger partial charge in [0.05, 0.1) is 0 Å². The highest BCUT2D eigenvalue weighted by atomic mass is 16.3. The van der Waals surface area contributed by atoms with Crippen molar-refractivity contribution in [2.75, 3.05) is 6.61 Å². The second kappa shape index (κ2) is 8.43. The zero-order chi connectivity index (χ0) is 15.0. The van der Waals surface area contributed by atoms with Gasteiger partial charge in [0.1, 0.15) is 5.75 Å². The zero-order valence-electron chi connectivity index (χ0n) is 12.1. The van der Waals surface area contributed by atoms with Crippen LogP contribution in [0.2, 0.25) is 0 Å². The molecule has 0 aliphatic heterocycles. The number of hydrogen-bond acceptors (Lipinski definition) is 3. The molecule has 1 aromatic carbocycles. The first-order valence-corrected chi connectivity index (χ1v) is 6.97. The van der Waals surface area contributed by atoms with Crippen molar-refractivity contribution >= 4 is 6.03 Å². The molecule has 0 aromatic heterocycles. The van der Waals surface area contributed by atoms with Crippen LogP contribution in [0.15, 0.2) is 24.3 Å². The van der Waals surface area contributed by atoms with Gasteiger partial charge >= 0.3 is 6.03 Å². The number of nitrogens with one attached hydrogen (secondary N) is 2. The Kier molecular flexibility index (Phi) is 6.87. The van der Waals surface area contributed by atoms with Gasteiger partial charge in [0, 0.05) is 18.7 Å². The number of phenols is 1. The van der Waals surface area contributed by atoms with Gasteiger partial charge in [0.2, 0.25) is 0 Å². The Bertz CT molecular complexity index is 406. The van der Waals surface area contributed by atoms with Gasteiger partial charge in [0.25, 0.3) is 0 Å². The van der Waals surface area contributed by atoms with Crippen LogP contribution in [0.25, 0.3) is 0 Å². The molecule has 0 saturated carbocycles. The lowest BCUT2D eigenvalue weighted by molar-refractivity contribution is 0.231. The Labute approximate surface area is 120 Å². The average Bonchev–Trinajstić information content (AvgIpc) is 2.38. The summed E-state index contributed by atoms with van der Waals surface area (Å²) in [6.07, 6.45) is 2.15. The molecule has 1 aromatic rings. The largest absolute Gasteiger partial charge is 0.508 e. The molecule has 2 unspecified atom stereocenters. The second-order valence-electron chi connectivity index (χ2n) is 5.16. The minimum absolute atomic E-state index is 0.00425. The maximum absolute atomic E-state index is 11.7. The van der Waals surface area contributed by atoms with Crippen LogP contribution in [0.4, 0.5) is 4.79 Å². The van der Waals surface area contributed by atoms with Crippen molar-refractivity contribution in [3.05, 3.63) is 29.8 Å². The Hall–Kier alpha value is -1.75. The molecule has 5 heteroatoms. The molecule has 4 N–H and O–H groups in total. The Morgan fingerprint density at radius 1 is 1.15 bits per heavy atom. The van der Waals surface area contributed by atoms with Crippen molar-refractivity contribution in [3.8, 4) is 5.75 Å². The lowest BCUT2D eigenvalue weighted by Gasteiger charge is -2.18. The Balaban J connectivity index is 2.32. The predicted octanol–water partition coefficient (Wildman–Crippen LogP) is 1.78. The summed E-state index contributed by atoms with van der Waals surface area (Å²) in [6, 6.07) is 6.82. The lowest BCUT2D eigenvalue weighted by Crippen LogP contribution is -2.45. The Morgan fingerprint density at radius 3 is 2.35 bits per heavy atom. The van der Waals surface area contributed by atoms with Crippen molar-refractivity contribution in [2.24, 2.45) is 0 Å². The molecule has 0 bridgehead atoms. The topological polar surface area (TPSA) is 81.6 Å². The highest BCUT2D eigenvalue weighted by Crippen LogP contribution is 2.11. The third-order valence-electron chi connectivity index (χ3n) is 3.03. The van der Waals surface area contributed by atoms with Crippen LogP contribution in [0.3, 0.4) is 0 Å². The van der Waals surface area contributed by atoms with E-state index in [1.165, 1.54) is 0 Å². The number of phenolic OH excluding ortho intramolecular Hbond substituents is 1. The molecule has 0 aliphatic carbocycles. The number of aliphatic hydroxyl groups excluding tert-OH is 1. The van der Waals surface area contributed by atoms with E-state index < -0.39 is 0 Å². The number of benzene rings is 1. The van der Waals surface area contributed by atoms with Crippen LogP contribution in [0.1, 0.15) is 32.3 Å².